The zero-order valence-electron chi connectivity index (χ0n) is 25.2. The highest BCUT2D eigenvalue weighted by Gasteiger charge is 2.56. The van der Waals surface area contributed by atoms with Crippen molar-refractivity contribution in [1.29, 1.82) is 0 Å². The first kappa shape index (κ1) is 29.4. The monoisotopic (exact) mass is 677 g/mol. The lowest BCUT2D eigenvalue weighted by Gasteiger charge is -2.43. The summed E-state index contributed by atoms with van der Waals surface area (Å²) in [5.41, 5.74) is 4.37. The molecule has 0 aromatic heterocycles. The minimum absolute atomic E-state index is 0.0138. The smallest absolute Gasteiger partial charge is 0.340 e. The van der Waals surface area contributed by atoms with Gasteiger partial charge < -0.3 is 23.9 Å². The van der Waals surface area contributed by atoms with Gasteiger partial charge in [0.25, 0.3) is 0 Å². The van der Waals surface area contributed by atoms with Crippen LogP contribution < -0.4 is 14.4 Å². The standard InChI is InChI=1S/C35H33BrClNO6/c1-18(39)9-10-20-16-26-31(27(37)29(20)43-33(41)34(2,3)4)42-30-23-8-6-14-38-13-5-7-19(28(23)38)15-25(30)35(26)24-17-21(36)11-12-22(24)32(40)44-35/h11-12,15-17H,5-10,13-14H2,1-4H3. The molecular formula is C35H33BrClNO6. The van der Waals surface area contributed by atoms with Gasteiger partial charge in [0, 0.05) is 51.9 Å². The number of Topliss-reactive ketones (excluding diaryl/α,β-unsaturated/α-hetero) is 1. The van der Waals surface area contributed by atoms with Crippen LogP contribution in [-0.4, -0.2) is 30.8 Å². The van der Waals surface area contributed by atoms with Crippen molar-refractivity contribution < 1.29 is 28.6 Å². The average molecular weight is 679 g/mol. The molecule has 0 N–H and O–H groups in total. The lowest BCUT2D eigenvalue weighted by Crippen LogP contribution is -2.38. The van der Waals surface area contributed by atoms with Crippen molar-refractivity contribution in [2.45, 2.75) is 71.8 Å². The molecule has 4 heterocycles. The first-order valence-corrected chi connectivity index (χ1v) is 16.3. The quantitative estimate of drug-likeness (QED) is 0.205. The van der Waals surface area contributed by atoms with Crippen LogP contribution in [0.5, 0.6) is 17.2 Å². The van der Waals surface area contributed by atoms with Crippen molar-refractivity contribution >= 4 is 50.9 Å². The number of ether oxygens (including phenoxy) is 3. The lowest BCUT2D eigenvalue weighted by molar-refractivity contribution is -0.143. The predicted octanol–water partition coefficient (Wildman–Crippen LogP) is 7.84. The molecule has 1 unspecified atom stereocenters. The van der Waals surface area contributed by atoms with E-state index in [-0.39, 0.29) is 35.1 Å². The summed E-state index contributed by atoms with van der Waals surface area (Å²) in [6, 6.07) is 9.52. The Hall–Kier alpha value is -3.36. The summed E-state index contributed by atoms with van der Waals surface area (Å²) in [4.78, 5) is 41.4. The summed E-state index contributed by atoms with van der Waals surface area (Å²) in [7, 11) is 0. The van der Waals surface area contributed by atoms with E-state index in [0.717, 1.165) is 54.4 Å². The summed E-state index contributed by atoms with van der Waals surface area (Å²) in [6.45, 7) is 8.80. The molecule has 0 bridgehead atoms. The second kappa shape index (κ2) is 10.3. The van der Waals surface area contributed by atoms with Crippen molar-refractivity contribution in [1.82, 2.24) is 0 Å². The van der Waals surface area contributed by atoms with Crippen LogP contribution in [0.15, 0.2) is 34.8 Å². The van der Waals surface area contributed by atoms with E-state index in [9.17, 15) is 14.4 Å². The van der Waals surface area contributed by atoms with Crippen LogP contribution in [0.3, 0.4) is 0 Å². The van der Waals surface area contributed by atoms with Crippen LogP contribution >= 0.6 is 27.5 Å². The molecule has 0 aliphatic carbocycles. The van der Waals surface area contributed by atoms with Crippen LogP contribution in [-0.2, 0) is 39.2 Å². The molecule has 3 aromatic rings. The molecule has 7 rings (SSSR count). The fourth-order valence-electron chi connectivity index (χ4n) is 6.97. The SMILES string of the molecule is CC(=O)CCc1cc2c(c(Cl)c1OC(=O)C(C)(C)C)Oc1c(cc3c4c1CCCN4CCC3)C21OC(=O)c2ccc(Br)cc21. The summed E-state index contributed by atoms with van der Waals surface area (Å²) >= 11 is 10.8. The van der Waals surface area contributed by atoms with Crippen molar-refractivity contribution in [2.75, 3.05) is 18.0 Å². The molecule has 4 aliphatic rings. The van der Waals surface area contributed by atoms with Crippen molar-refractivity contribution in [3.63, 3.8) is 0 Å². The van der Waals surface area contributed by atoms with E-state index in [2.05, 4.69) is 26.9 Å². The van der Waals surface area contributed by atoms with Crippen molar-refractivity contribution in [2.24, 2.45) is 5.41 Å². The molecule has 0 amide bonds. The van der Waals surface area contributed by atoms with E-state index in [1.807, 2.05) is 18.2 Å². The number of ketones is 1. The number of anilines is 1. The number of hydrogen-bond donors (Lipinski definition) is 0. The van der Waals surface area contributed by atoms with E-state index in [4.69, 9.17) is 25.8 Å². The highest BCUT2D eigenvalue weighted by atomic mass is 79.9. The number of hydrogen-bond acceptors (Lipinski definition) is 7. The molecule has 4 aliphatic heterocycles. The minimum atomic E-state index is -1.36. The maximum Gasteiger partial charge on any atom is 0.340 e. The van der Waals surface area contributed by atoms with Crippen molar-refractivity contribution in [3.8, 4) is 17.2 Å². The molecule has 7 nitrogen and oxygen atoms in total. The largest absolute Gasteiger partial charge is 0.454 e. The van der Waals surface area contributed by atoms with Crippen LogP contribution in [0.2, 0.25) is 5.02 Å². The van der Waals surface area contributed by atoms with Crippen LogP contribution in [0.4, 0.5) is 5.69 Å². The third-order valence-electron chi connectivity index (χ3n) is 9.07. The maximum atomic E-state index is 13.7. The fourth-order valence-corrected chi connectivity index (χ4v) is 7.63. The maximum absolute atomic E-state index is 13.7. The van der Waals surface area contributed by atoms with E-state index < -0.39 is 23.0 Å². The third kappa shape index (κ3) is 4.39. The van der Waals surface area contributed by atoms with Gasteiger partial charge in [0.05, 0.1) is 11.0 Å². The predicted molar refractivity (Wildman–Crippen MR) is 170 cm³/mol. The average Bonchev–Trinajstić information content (AvgIpc) is 3.25. The molecule has 228 valence electrons. The number of aryl methyl sites for hydroxylation is 2. The number of halogens is 2. The van der Waals surface area contributed by atoms with Crippen molar-refractivity contribution in [3.05, 3.63) is 78.8 Å². The molecule has 1 spiro atoms. The van der Waals surface area contributed by atoms with E-state index in [1.54, 1.807) is 26.8 Å². The Bertz CT molecular complexity index is 1790. The Kier molecular flexibility index (Phi) is 6.90. The summed E-state index contributed by atoms with van der Waals surface area (Å²) < 4.78 is 20.1. The number of esters is 2. The normalized spacial score (nSPS) is 19.4. The first-order valence-electron chi connectivity index (χ1n) is 15.1. The summed E-state index contributed by atoms with van der Waals surface area (Å²) in [6.07, 6.45) is 4.24. The van der Waals surface area contributed by atoms with Gasteiger partial charge in [0.2, 0.25) is 0 Å². The van der Waals surface area contributed by atoms with Gasteiger partial charge in [-0.25, -0.2) is 4.79 Å². The molecule has 3 aromatic carbocycles. The molecule has 0 saturated heterocycles. The zero-order valence-corrected chi connectivity index (χ0v) is 27.5. The van der Waals surface area contributed by atoms with Gasteiger partial charge in [-0.15, -0.1) is 0 Å². The number of carbonyl (C=O) groups is 3. The van der Waals surface area contributed by atoms with Crippen LogP contribution in [0.25, 0.3) is 0 Å². The molecule has 44 heavy (non-hydrogen) atoms. The molecule has 0 saturated carbocycles. The number of rotatable bonds is 4. The van der Waals surface area contributed by atoms with Gasteiger partial charge >= 0.3 is 11.9 Å². The second-order valence-corrected chi connectivity index (χ2v) is 14.5. The van der Waals surface area contributed by atoms with E-state index in [1.165, 1.54) is 18.2 Å². The topological polar surface area (TPSA) is 82.1 Å². The Labute approximate surface area is 269 Å². The Morgan fingerprint density at radius 2 is 1.77 bits per heavy atom. The van der Waals surface area contributed by atoms with Gasteiger partial charge in [-0.1, -0.05) is 27.5 Å². The van der Waals surface area contributed by atoms with Gasteiger partial charge in [0.1, 0.15) is 16.6 Å². The number of benzene rings is 3. The highest BCUT2D eigenvalue weighted by molar-refractivity contribution is 9.10. The van der Waals surface area contributed by atoms with Crippen LogP contribution in [0.1, 0.15) is 90.7 Å². The number of fused-ring (bicyclic) bond motifs is 7. The first-order chi connectivity index (χ1) is 20.9. The molecular weight excluding hydrogens is 646 g/mol. The Morgan fingerprint density at radius 1 is 1.05 bits per heavy atom. The number of carbonyl (C=O) groups excluding carboxylic acids is 3. The van der Waals surface area contributed by atoms with Gasteiger partial charge in [0.15, 0.2) is 17.1 Å². The molecule has 1 atom stereocenters. The van der Waals surface area contributed by atoms with Gasteiger partial charge in [-0.05, 0) is 101 Å². The summed E-state index contributed by atoms with van der Waals surface area (Å²) in [5.74, 6) is 0.166. The Balaban J connectivity index is 1.55. The molecule has 0 fully saturated rings. The number of nitrogens with zero attached hydrogens (tertiary/aromatic N) is 1. The second-order valence-electron chi connectivity index (χ2n) is 13.2. The third-order valence-corrected chi connectivity index (χ3v) is 9.91. The molecule has 9 heteroatoms. The lowest BCUT2D eigenvalue weighted by atomic mass is 9.74. The fraction of sp³-hybridized carbons (Fsp3) is 0.400. The van der Waals surface area contributed by atoms with Crippen LogP contribution in [0, 0.1) is 5.41 Å². The molecule has 0 radical (unpaired) electrons. The van der Waals surface area contributed by atoms with E-state index >= 15 is 0 Å². The Morgan fingerprint density at radius 3 is 2.50 bits per heavy atom. The van der Waals surface area contributed by atoms with Gasteiger partial charge in [-0.3, -0.25) is 4.79 Å². The highest BCUT2D eigenvalue weighted by Crippen LogP contribution is 2.62. The van der Waals surface area contributed by atoms with Gasteiger partial charge in [-0.2, -0.15) is 0 Å². The summed E-state index contributed by atoms with van der Waals surface area (Å²) in [5, 5.41) is 0.112. The van der Waals surface area contributed by atoms with E-state index in [0.29, 0.717) is 28.0 Å². The zero-order chi connectivity index (χ0) is 31.1. The minimum Gasteiger partial charge on any atom is -0.454 e.